The predicted octanol–water partition coefficient (Wildman–Crippen LogP) is 1.01. The van der Waals surface area contributed by atoms with Gasteiger partial charge in [0.15, 0.2) is 0 Å². The summed E-state index contributed by atoms with van der Waals surface area (Å²) in [5.74, 6) is 1.19. The third-order valence-electron chi connectivity index (χ3n) is 1.70. The fourth-order valence-electron chi connectivity index (χ4n) is 0.934. The number of rotatable bonds is 1. The molecule has 1 aliphatic rings. The van der Waals surface area contributed by atoms with Crippen LogP contribution in [0.25, 0.3) is 0 Å². The summed E-state index contributed by atoms with van der Waals surface area (Å²) in [6.07, 6.45) is 2.20. The van der Waals surface area contributed by atoms with E-state index in [1.165, 1.54) is 0 Å². The predicted molar refractivity (Wildman–Crippen MR) is 37.6 cm³/mol. The number of nitrogens with two attached hydrogens (primary N) is 1. The molecule has 56 valence electrons. The van der Waals surface area contributed by atoms with Crippen molar-refractivity contribution < 1.29 is 4.42 Å². The Labute approximate surface area is 63.6 Å². The molecule has 1 heterocycles. The first-order chi connectivity index (χ1) is 5.31. The number of oxazole rings is 1. The second-order valence-corrected chi connectivity index (χ2v) is 2.65. The highest BCUT2D eigenvalue weighted by atomic mass is 16.4. The summed E-state index contributed by atoms with van der Waals surface area (Å²) in [7, 11) is 0. The van der Waals surface area contributed by atoms with Crippen LogP contribution in [-0.4, -0.2) is 4.98 Å². The van der Waals surface area contributed by atoms with E-state index in [1.54, 1.807) is 0 Å². The molecule has 2 N–H and O–H groups in total. The van der Waals surface area contributed by atoms with Gasteiger partial charge in [-0.3, -0.25) is 0 Å². The SMILES string of the molecule is N#Cc1nc(C2CC2)oc1N. The van der Waals surface area contributed by atoms with Crippen LogP contribution < -0.4 is 5.73 Å². The Hall–Kier alpha value is -1.50. The van der Waals surface area contributed by atoms with Crippen LogP contribution in [-0.2, 0) is 0 Å². The van der Waals surface area contributed by atoms with Gasteiger partial charge in [0.1, 0.15) is 6.07 Å². The van der Waals surface area contributed by atoms with Gasteiger partial charge in [-0.2, -0.15) is 5.26 Å². The van der Waals surface area contributed by atoms with Gasteiger partial charge >= 0.3 is 0 Å². The normalized spacial score (nSPS) is 16.3. The Morgan fingerprint density at radius 2 is 2.36 bits per heavy atom. The van der Waals surface area contributed by atoms with E-state index in [0.29, 0.717) is 11.8 Å². The minimum absolute atomic E-state index is 0.148. The molecular weight excluding hydrogens is 142 g/mol. The third kappa shape index (κ3) is 0.944. The minimum Gasteiger partial charge on any atom is -0.424 e. The van der Waals surface area contributed by atoms with E-state index < -0.39 is 0 Å². The molecule has 0 atom stereocenters. The maximum absolute atomic E-state index is 8.48. The first-order valence-corrected chi connectivity index (χ1v) is 3.47. The number of nitriles is 1. The number of nitrogen functional groups attached to an aromatic ring is 1. The lowest BCUT2D eigenvalue weighted by molar-refractivity contribution is 0.513. The van der Waals surface area contributed by atoms with E-state index in [0.717, 1.165) is 12.8 Å². The molecule has 4 heteroatoms. The summed E-state index contributed by atoms with van der Waals surface area (Å²) < 4.78 is 5.07. The molecule has 1 aromatic rings. The molecule has 0 aliphatic heterocycles. The zero-order chi connectivity index (χ0) is 7.84. The zero-order valence-electron chi connectivity index (χ0n) is 5.87. The minimum atomic E-state index is 0.148. The molecule has 1 aliphatic carbocycles. The van der Waals surface area contributed by atoms with E-state index in [-0.39, 0.29) is 11.6 Å². The smallest absolute Gasteiger partial charge is 0.229 e. The van der Waals surface area contributed by atoms with Crippen molar-refractivity contribution in [2.45, 2.75) is 18.8 Å². The number of hydrogen-bond donors (Lipinski definition) is 1. The van der Waals surface area contributed by atoms with Crippen molar-refractivity contribution >= 4 is 5.88 Å². The van der Waals surface area contributed by atoms with E-state index in [2.05, 4.69) is 4.98 Å². The van der Waals surface area contributed by atoms with Crippen LogP contribution in [0.2, 0.25) is 0 Å². The Kier molecular flexibility index (Phi) is 1.13. The molecular formula is C7H7N3O. The van der Waals surface area contributed by atoms with Crippen molar-refractivity contribution in [1.82, 2.24) is 4.98 Å². The molecule has 0 amide bonds. The van der Waals surface area contributed by atoms with E-state index in [4.69, 9.17) is 15.4 Å². The molecule has 0 aromatic carbocycles. The van der Waals surface area contributed by atoms with Gasteiger partial charge in [0, 0.05) is 5.92 Å². The van der Waals surface area contributed by atoms with Crippen LogP contribution in [0.3, 0.4) is 0 Å². The molecule has 11 heavy (non-hydrogen) atoms. The van der Waals surface area contributed by atoms with Crippen LogP contribution in [0.15, 0.2) is 4.42 Å². The van der Waals surface area contributed by atoms with Crippen molar-refractivity contribution in [3.8, 4) is 6.07 Å². The Morgan fingerprint density at radius 3 is 2.82 bits per heavy atom. The molecule has 0 radical (unpaired) electrons. The first-order valence-electron chi connectivity index (χ1n) is 3.47. The summed E-state index contributed by atoms with van der Waals surface area (Å²) in [6.45, 7) is 0. The van der Waals surface area contributed by atoms with Crippen molar-refractivity contribution in [2.24, 2.45) is 0 Å². The van der Waals surface area contributed by atoms with Crippen LogP contribution in [0.1, 0.15) is 30.3 Å². The van der Waals surface area contributed by atoms with Gasteiger partial charge in [-0.05, 0) is 12.8 Å². The molecule has 1 aromatic heterocycles. The Balaban J connectivity index is 2.38. The van der Waals surface area contributed by atoms with Crippen LogP contribution >= 0.6 is 0 Å². The van der Waals surface area contributed by atoms with Crippen LogP contribution in [0.4, 0.5) is 5.88 Å². The van der Waals surface area contributed by atoms with Crippen molar-refractivity contribution in [1.29, 1.82) is 5.26 Å². The number of hydrogen-bond acceptors (Lipinski definition) is 4. The van der Waals surface area contributed by atoms with Gasteiger partial charge in [0.2, 0.25) is 17.5 Å². The van der Waals surface area contributed by atoms with Crippen LogP contribution in [0.5, 0.6) is 0 Å². The summed E-state index contributed by atoms with van der Waals surface area (Å²) in [6, 6.07) is 1.87. The molecule has 1 fully saturated rings. The summed E-state index contributed by atoms with van der Waals surface area (Å²) in [5, 5.41) is 8.48. The molecule has 0 bridgehead atoms. The largest absolute Gasteiger partial charge is 0.424 e. The van der Waals surface area contributed by atoms with Crippen LogP contribution in [0, 0.1) is 11.3 Å². The highest BCUT2D eigenvalue weighted by Gasteiger charge is 2.29. The fourth-order valence-corrected chi connectivity index (χ4v) is 0.934. The second-order valence-electron chi connectivity index (χ2n) is 2.65. The lowest BCUT2D eigenvalue weighted by Gasteiger charge is -1.82. The highest BCUT2D eigenvalue weighted by Crippen LogP contribution is 2.40. The quantitative estimate of drug-likeness (QED) is 0.646. The third-order valence-corrected chi connectivity index (χ3v) is 1.70. The van der Waals surface area contributed by atoms with E-state index in [9.17, 15) is 0 Å². The van der Waals surface area contributed by atoms with Crippen molar-refractivity contribution in [3.63, 3.8) is 0 Å². The van der Waals surface area contributed by atoms with Gasteiger partial charge in [0.25, 0.3) is 0 Å². The Bertz CT molecular complexity index is 319. The molecule has 0 unspecified atom stereocenters. The maximum Gasteiger partial charge on any atom is 0.229 e. The summed E-state index contributed by atoms with van der Waals surface area (Å²) in [4.78, 5) is 3.94. The molecule has 2 rings (SSSR count). The van der Waals surface area contributed by atoms with Gasteiger partial charge in [-0.15, -0.1) is 0 Å². The van der Waals surface area contributed by atoms with Gasteiger partial charge < -0.3 is 10.2 Å². The topological polar surface area (TPSA) is 75.8 Å². The lowest BCUT2D eigenvalue weighted by Crippen LogP contribution is -1.84. The van der Waals surface area contributed by atoms with Gasteiger partial charge in [0.05, 0.1) is 0 Å². The molecule has 0 spiro atoms. The van der Waals surface area contributed by atoms with Gasteiger partial charge in [-0.25, -0.2) is 4.98 Å². The fraction of sp³-hybridized carbons (Fsp3) is 0.429. The average molecular weight is 149 g/mol. The zero-order valence-corrected chi connectivity index (χ0v) is 5.87. The number of anilines is 1. The van der Waals surface area contributed by atoms with E-state index >= 15 is 0 Å². The van der Waals surface area contributed by atoms with Crippen molar-refractivity contribution in [3.05, 3.63) is 11.6 Å². The Morgan fingerprint density at radius 1 is 1.64 bits per heavy atom. The molecule has 1 saturated carbocycles. The molecule has 4 nitrogen and oxygen atoms in total. The molecule has 0 saturated heterocycles. The summed E-state index contributed by atoms with van der Waals surface area (Å²) >= 11 is 0. The average Bonchev–Trinajstić information content (AvgIpc) is 2.76. The first kappa shape index (κ1) is 6.23. The monoisotopic (exact) mass is 149 g/mol. The highest BCUT2D eigenvalue weighted by molar-refractivity contribution is 5.41. The van der Waals surface area contributed by atoms with E-state index in [1.807, 2.05) is 6.07 Å². The number of nitrogens with zero attached hydrogens (tertiary/aromatic N) is 2. The van der Waals surface area contributed by atoms with Gasteiger partial charge in [-0.1, -0.05) is 0 Å². The maximum atomic E-state index is 8.48. The lowest BCUT2D eigenvalue weighted by atomic mass is 10.4. The number of aromatic nitrogens is 1. The second kappa shape index (κ2) is 1.99. The standard InChI is InChI=1S/C7H7N3O/c8-3-5-6(9)11-7(10-5)4-1-2-4/h4H,1-2,9H2. The van der Waals surface area contributed by atoms with Crippen molar-refractivity contribution in [2.75, 3.05) is 5.73 Å². The summed E-state index contributed by atoms with van der Waals surface area (Å²) in [5.41, 5.74) is 5.58.